The first kappa shape index (κ1) is 24.0. The molecule has 0 aromatic carbocycles. The molecular formula is C27H43N5O. The third-order valence-corrected chi connectivity index (χ3v) is 7.65. The summed E-state index contributed by atoms with van der Waals surface area (Å²) in [5.41, 5.74) is 2.86. The number of aromatic amines is 1. The zero-order valence-electron chi connectivity index (χ0n) is 20.5. The van der Waals surface area contributed by atoms with Gasteiger partial charge in [-0.1, -0.05) is 70.6 Å². The fraction of sp³-hybridized carbons (Fsp3) is 0.741. The highest BCUT2D eigenvalue weighted by Crippen LogP contribution is 2.30. The molecule has 2 aromatic heterocycles. The molecule has 0 spiro atoms. The van der Waals surface area contributed by atoms with Gasteiger partial charge in [-0.05, 0) is 44.7 Å². The standard InChI is InChI=1S/C27H43N5O/c1-21(20-32-18-17-24(31-32)22-13-9-5-2-3-6-10-14-22)28-27(33)26-19-25(29-30-26)23-15-11-7-4-8-12-16-23/h17-19,21-23H,2-16,20H2,1H3,(H,28,33)(H,29,30)/t21-/m1/s1. The van der Waals surface area contributed by atoms with Crippen LogP contribution in [0.3, 0.4) is 0 Å². The van der Waals surface area contributed by atoms with E-state index in [9.17, 15) is 4.79 Å². The molecule has 4 rings (SSSR count). The van der Waals surface area contributed by atoms with E-state index >= 15 is 0 Å². The van der Waals surface area contributed by atoms with Crippen LogP contribution in [0.2, 0.25) is 0 Å². The number of carbonyl (C=O) groups excluding carboxylic acids is 1. The van der Waals surface area contributed by atoms with E-state index in [1.807, 2.05) is 17.7 Å². The van der Waals surface area contributed by atoms with Crippen LogP contribution < -0.4 is 5.32 Å². The molecule has 182 valence electrons. The molecule has 2 aliphatic rings. The number of amides is 1. The highest BCUT2D eigenvalue weighted by atomic mass is 16.2. The number of H-pyrrole nitrogens is 1. The predicted molar refractivity (Wildman–Crippen MR) is 132 cm³/mol. The first-order chi connectivity index (χ1) is 16.2. The molecule has 6 heteroatoms. The molecule has 2 N–H and O–H groups in total. The van der Waals surface area contributed by atoms with E-state index in [0.29, 0.717) is 24.1 Å². The van der Waals surface area contributed by atoms with Crippen LogP contribution in [0.5, 0.6) is 0 Å². The van der Waals surface area contributed by atoms with Crippen LogP contribution in [0.15, 0.2) is 18.3 Å². The highest BCUT2D eigenvalue weighted by Gasteiger charge is 2.20. The van der Waals surface area contributed by atoms with Crippen molar-refractivity contribution in [2.45, 2.75) is 128 Å². The van der Waals surface area contributed by atoms with Gasteiger partial charge in [0.2, 0.25) is 0 Å². The van der Waals surface area contributed by atoms with E-state index < -0.39 is 0 Å². The van der Waals surface area contributed by atoms with Gasteiger partial charge in [0.15, 0.2) is 0 Å². The van der Waals surface area contributed by atoms with Crippen molar-refractivity contribution in [3.05, 3.63) is 35.4 Å². The number of aromatic nitrogens is 4. The van der Waals surface area contributed by atoms with Crippen molar-refractivity contribution in [1.29, 1.82) is 0 Å². The second-order valence-corrected chi connectivity index (χ2v) is 10.5. The quantitative estimate of drug-likeness (QED) is 0.526. The molecule has 0 unspecified atom stereocenters. The van der Waals surface area contributed by atoms with Gasteiger partial charge < -0.3 is 5.32 Å². The number of nitrogens with one attached hydrogen (secondary N) is 2. The summed E-state index contributed by atoms with van der Waals surface area (Å²) in [7, 11) is 0. The van der Waals surface area contributed by atoms with Crippen molar-refractivity contribution in [3.8, 4) is 0 Å². The van der Waals surface area contributed by atoms with Gasteiger partial charge in [-0.15, -0.1) is 0 Å². The summed E-state index contributed by atoms with van der Waals surface area (Å²) < 4.78 is 2.00. The van der Waals surface area contributed by atoms with Crippen LogP contribution >= 0.6 is 0 Å². The number of nitrogens with zero attached hydrogens (tertiary/aromatic N) is 3. The summed E-state index contributed by atoms with van der Waals surface area (Å²) in [5.74, 6) is 1.00. The average molecular weight is 454 g/mol. The second kappa shape index (κ2) is 12.4. The third kappa shape index (κ3) is 7.18. The maximum atomic E-state index is 12.8. The van der Waals surface area contributed by atoms with Gasteiger partial charge in [-0.25, -0.2) is 0 Å². The van der Waals surface area contributed by atoms with Gasteiger partial charge >= 0.3 is 0 Å². The molecule has 6 nitrogen and oxygen atoms in total. The van der Waals surface area contributed by atoms with E-state index in [-0.39, 0.29) is 11.9 Å². The predicted octanol–water partition coefficient (Wildman–Crippen LogP) is 6.47. The zero-order valence-corrected chi connectivity index (χ0v) is 20.5. The van der Waals surface area contributed by atoms with E-state index in [4.69, 9.17) is 5.10 Å². The molecule has 0 bridgehead atoms. The molecule has 2 aliphatic carbocycles. The van der Waals surface area contributed by atoms with E-state index in [0.717, 1.165) is 5.69 Å². The lowest BCUT2D eigenvalue weighted by Crippen LogP contribution is -2.36. The molecule has 1 amide bonds. The molecule has 1 atom stereocenters. The molecule has 2 fully saturated rings. The Morgan fingerprint density at radius 2 is 1.55 bits per heavy atom. The third-order valence-electron chi connectivity index (χ3n) is 7.65. The molecule has 2 aromatic rings. The van der Waals surface area contributed by atoms with E-state index in [1.54, 1.807) is 0 Å². The SMILES string of the molecule is C[C@H](Cn1ccc(C2CCCCCCCC2)n1)NC(=O)c1cc(C2CCCCCCC2)[nH]n1. The minimum absolute atomic E-state index is 0.00711. The Kier molecular flexibility index (Phi) is 9.01. The fourth-order valence-electron chi connectivity index (χ4n) is 5.68. The number of hydrogen-bond acceptors (Lipinski definition) is 3. The monoisotopic (exact) mass is 453 g/mol. The van der Waals surface area contributed by atoms with Gasteiger partial charge in [0.05, 0.1) is 12.2 Å². The average Bonchev–Trinajstić information content (AvgIpc) is 3.45. The smallest absolute Gasteiger partial charge is 0.272 e. The Bertz CT molecular complexity index is 838. The van der Waals surface area contributed by atoms with Crippen LogP contribution in [0.4, 0.5) is 0 Å². The van der Waals surface area contributed by atoms with E-state index in [1.165, 1.54) is 102 Å². The summed E-state index contributed by atoms with van der Waals surface area (Å²) in [6.07, 6.45) is 21.7. The Labute approximate surface area is 199 Å². The molecule has 2 heterocycles. The molecule has 0 radical (unpaired) electrons. The Balaban J connectivity index is 1.28. The number of hydrogen-bond donors (Lipinski definition) is 2. The topological polar surface area (TPSA) is 75.6 Å². The second-order valence-electron chi connectivity index (χ2n) is 10.5. The lowest BCUT2D eigenvalue weighted by atomic mass is 9.89. The largest absolute Gasteiger partial charge is 0.346 e. The molecule has 2 saturated carbocycles. The normalized spacial score (nSPS) is 20.8. The van der Waals surface area contributed by atoms with Crippen LogP contribution in [-0.4, -0.2) is 31.9 Å². The van der Waals surface area contributed by atoms with Crippen molar-refractivity contribution in [1.82, 2.24) is 25.3 Å². The first-order valence-electron chi connectivity index (χ1n) is 13.6. The highest BCUT2D eigenvalue weighted by molar-refractivity contribution is 5.92. The minimum atomic E-state index is -0.0977. The maximum Gasteiger partial charge on any atom is 0.272 e. The summed E-state index contributed by atoms with van der Waals surface area (Å²) in [6.45, 7) is 2.72. The number of rotatable bonds is 6. The van der Waals surface area contributed by atoms with Gasteiger partial charge in [-0.3, -0.25) is 14.6 Å². The van der Waals surface area contributed by atoms with Gasteiger partial charge in [0.1, 0.15) is 5.69 Å². The zero-order chi connectivity index (χ0) is 22.9. The molecular weight excluding hydrogens is 410 g/mol. The lowest BCUT2D eigenvalue weighted by molar-refractivity contribution is 0.0931. The molecule has 0 saturated heterocycles. The van der Waals surface area contributed by atoms with Crippen molar-refractivity contribution < 1.29 is 4.79 Å². The van der Waals surface area contributed by atoms with Crippen LogP contribution in [0.1, 0.15) is 137 Å². The summed E-state index contributed by atoms with van der Waals surface area (Å²) in [6, 6.07) is 4.15. The van der Waals surface area contributed by atoms with Crippen molar-refractivity contribution in [2.75, 3.05) is 0 Å². The summed E-state index contributed by atoms with van der Waals surface area (Å²) in [4.78, 5) is 12.8. The minimum Gasteiger partial charge on any atom is -0.346 e. The molecule has 0 aliphatic heterocycles. The lowest BCUT2D eigenvalue weighted by Gasteiger charge is -2.17. The van der Waals surface area contributed by atoms with Crippen molar-refractivity contribution >= 4 is 5.91 Å². The van der Waals surface area contributed by atoms with Gasteiger partial charge in [0.25, 0.3) is 5.91 Å². The van der Waals surface area contributed by atoms with Crippen molar-refractivity contribution in [3.63, 3.8) is 0 Å². The van der Waals surface area contributed by atoms with Crippen LogP contribution in [0.25, 0.3) is 0 Å². The Morgan fingerprint density at radius 1 is 0.970 bits per heavy atom. The maximum absolute atomic E-state index is 12.8. The summed E-state index contributed by atoms with van der Waals surface area (Å²) in [5, 5.41) is 15.5. The van der Waals surface area contributed by atoms with Gasteiger partial charge in [-0.2, -0.15) is 10.2 Å². The van der Waals surface area contributed by atoms with Crippen LogP contribution in [-0.2, 0) is 6.54 Å². The Morgan fingerprint density at radius 3 is 2.18 bits per heavy atom. The first-order valence-corrected chi connectivity index (χ1v) is 13.6. The molecule has 33 heavy (non-hydrogen) atoms. The fourth-order valence-corrected chi connectivity index (χ4v) is 5.68. The van der Waals surface area contributed by atoms with Crippen molar-refractivity contribution in [2.24, 2.45) is 0 Å². The summed E-state index contributed by atoms with van der Waals surface area (Å²) >= 11 is 0. The van der Waals surface area contributed by atoms with E-state index in [2.05, 4.69) is 27.8 Å². The van der Waals surface area contributed by atoms with Gasteiger partial charge in [0, 0.05) is 29.8 Å². The number of carbonyl (C=O) groups is 1. The van der Waals surface area contributed by atoms with Crippen LogP contribution in [0, 0.1) is 0 Å². The Hall–Kier alpha value is -2.11.